The normalized spacial score (nSPS) is 12.3. The summed E-state index contributed by atoms with van der Waals surface area (Å²) in [6.45, 7) is 3.75. The number of anilines is 1. The first-order valence-corrected chi connectivity index (χ1v) is 7.60. The van der Waals surface area contributed by atoms with Crippen LogP contribution in [0.5, 0.6) is 0 Å². The summed E-state index contributed by atoms with van der Waals surface area (Å²) in [5, 5.41) is 4.37. The van der Waals surface area contributed by atoms with Gasteiger partial charge in [-0.3, -0.25) is 0 Å². The summed E-state index contributed by atoms with van der Waals surface area (Å²) in [5.41, 5.74) is 2.16. The highest BCUT2D eigenvalue weighted by molar-refractivity contribution is 9.10. The lowest BCUT2D eigenvalue weighted by atomic mass is 10.1. The minimum Gasteiger partial charge on any atom is -0.377 e. The van der Waals surface area contributed by atoms with Gasteiger partial charge in [0.25, 0.3) is 0 Å². The van der Waals surface area contributed by atoms with Gasteiger partial charge in [0.15, 0.2) is 0 Å². The number of nitrogens with one attached hydrogen (secondary N) is 1. The van der Waals surface area contributed by atoms with Crippen LogP contribution >= 0.6 is 39.1 Å². The van der Waals surface area contributed by atoms with Gasteiger partial charge in [0, 0.05) is 15.1 Å². The highest BCUT2D eigenvalue weighted by Gasteiger charge is 2.13. The summed E-state index contributed by atoms with van der Waals surface area (Å²) in [6, 6.07) is 8.16. The van der Waals surface area contributed by atoms with Crippen molar-refractivity contribution in [1.29, 1.82) is 0 Å². The average molecular weight is 377 g/mol. The Kier molecular flexibility index (Phi) is 4.95. The first kappa shape index (κ1) is 15.6. The van der Waals surface area contributed by atoms with Crippen molar-refractivity contribution in [2.45, 2.75) is 19.9 Å². The van der Waals surface area contributed by atoms with Crippen molar-refractivity contribution in [2.75, 3.05) is 5.32 Å². The quantitative estimate of drug-likeness (QED) is 0.655. The Morgan fingerprint density at radius 2 is 1.85 bits per heavy atom. The van der Waals surface area contributed by atoms with Crippen molar-refractivity contribution < 1.29 is 4.39 Å². The molecule has 106 valence electrons. The molecule has 2 aromatic carbocycles. The van der Waals surface area contributed by atoms with Gasteiger partial charge in [-0.05, 0) is 49.7 Å². The molecule has 0 bridgehead atoms. The molecule has 0 saturated carbocycles. The molecule has 20 heavy (non-hydrogen) atoms. The van der Waals surface area contributed by atoms with E-state index in [-0.39, 0.29) is 11.9 Å². The number of hydrogen-bond donors (Lipinski definition) is 1. The van der Waals surface area contributed by atoms with Crippen molar-refractivity contribution in [3.63, 3.8) is 0 Å². The molecule has 0 fully saturated rings. The van der Waals surface area contributed by atoms with Crippen LogP contribution in [0.25, 0.3) is 0 Å². The van der Waals surface area contributed by atoms with Gasteiger partial charge in [0.1, 0.15) is 5.82 Å². The Hall–Kier alpha value is -0.770. The highest BCUT2D eigenvalue weighted by Crippen LogP contribution is 2.32. The molecule has 0 spiro atoms. The molecule has 5 heteroatoms. The lowest BCUT2D eigenvalue weighted by molar-refractivity contribution is 0.600. The summed E-state index contributed by atoms with van der Waals surface area (Å²) < 4.78 is 14.7. The fourth-order valence-electron chi connectivity index (χ4n) is 1.91. The summed E-state index contributed by atoms with van der Waals surface area (Å²) in [5.74, 6) is -0.262. The fourth-order valence-corrected chi connectivity index (χ4v) is 2.73. The maximum atomic E-state index is 13.8. The molecule has 1 atom stereocenters. The van der Waals surface area contributed by atoms with Crippen LogP contribution in [-0.4, -0.2) is 0 Å². The highest BCUT2D eigenvalue weighted by atomic mass is 79.9. The molecule has 1 nitrogen and oxygen atoms in total. The molecular weight excluding hydrogens is 364 g/mol. The lowest BCUT2D eigenvalue weighted by Crippen LogP contribution is -2.09. The lowest BCUT2D eigenvalue weighted by Gasteiger charge is -2.18. The predicted molar refractivity (Wildman–Crippen MR) is 87.3 cm³/mol. The molecule has 0 aliphatic carbocycles. The van der Waals surface area contributed by atoms with Crippen LogP contribution in [0.2, 0.25) is 10.0 Å². The van der Waals surface area contributed by atoms with E-state index in [4.69, 9.17) is 23.2 Å². The second-order valence-corrected chi connectivity index (χ2v) is 6.34. The maximum absolute atomic E-state index is 13.8. The van der Waals surface area contributed by atoms with E-state index < -0.39 is 0 Å². The van der Waals surface area contributed by atoms with Crippen molar-refractivity contribution >= 4 is 44.8 Å². The topological polar surface area (TPSA) is 12.0 Å². The van der Waals surface area contributed by atoms with Gasteiger partial charge in [-0.15, -0.1) is 0 Å². The number of benzene rings is 2. The summed E-state index contributed by atoms with van der Waals surface area (Å²) in [4.78, 5) is 0. The van der Waals surface area contributed by atoms with Gasteiger partial charge in [0.05, 0.1) is 16.8 Å². The van der Waals surface area contributed by atoms with Gasteiger partial charge >= 0.3 is 0 Å². The average Bonchev–Trinajstić information content (AvgIpc) is 2.38. The third kappa shape index (κ3) is 3.46. The molecule has 2 aromatic rings. The monoisotopic (exact) mass is 375 g/mol. The Labute approximate surface area is 136 Å². The van der Waals surface area contributed by atoms with Gasteiger partial charge < -0.3 is 5.32 Å². The summed E-state index contributed by atoms with van der Waals surface area (Å²) in [7, 11) is 0. The van der Waals surface area contributed by atoms with Crippen molar-refractivity contribution in [2.24, 2.45) is 0 Å². The van der Waals surface area contributed by atoms with Crippen LogP contribution in [0.4, 0.5) is 10.1 Å². The van der Waals surface area contributed by atoms with E-state index in [0.29, 0.717) is 21.3 Å². The predicted octanol–water partition coefficient (Wildman–Crippen LogP) is 6.38. The molecule has 0 amide bonds. The fraction of sp³-hybridized carbons (Fsp3) is 0.200. The van der Waals surface area contributed by atoms with Crippen LogP contribution in [0.1, 0.15) is 24.1 Å². The van der Waals surface area contributed by atoms with E-state index >= 15 is 0 Å². The molecule has 0 aromatic heterocycles. The molecule has 0 radical (unpaired) electrons. The number of rotatable bonds is 3. The Morgan fingerprint density at radius 1 is 1.15 bits per heavy atom. The van der Waals surface area contributed by atoms with Gasteiger partial charge in [0.2, 0.25) is 0 Å². The van der Waals surface area contributed by atoms with Gasteiger partial charge in [-0.2, -0.15) is 0 Å². The molecule has 0 aliphatic heterocycles. The molecule has 1 N–H and O–H groups in total. The van der Waals surface area contributed by atoms with Crippen LogP contribution in [0, 0.1) is 12.7 Å². The molecular formula is C15H13BrCl2FN. The zero-order chi connectivity index (χ0) is 14.9. The van der Waals surface area contributed by atoms with Crippen molar-refractivity contribution in [3.05, 3.63) is 61.8 Å². The Morgan fingerprint density at radius 3 is 2.55 bits per heavy atom. The van der Waals surface area contributed by atoms with E-state index in [1.165, 1.54) is 6.07 Å². The summed E-state index contributed by atoms with van der Waals surface area (Å²) in [6.07, 6.45) is 0. The minimum atomic E-state index is -0.262. The second-order valence-electron chi connectivity index (χ2n) is 4.61. The van der Waals surface area contributed by atoms with Crippen LogP contribution < -0.4 is 5.32 Å². The Balaban J connectivity index is 2.30. The first-order valence-electron chi connectivity index (χ1n) is 6.05. The molecule has 0 heterocycles. The first-order chi connectivity index (χ1) is 9.38. The largest absolute Gasteiger partial charge is 0.377 e. The summed E-state index contributed by atoms with van der Waals surface area (Å²) >= 11 is 15.6. The van der Waals surface area contributed by atoms with Crippen LogP contribution in [-0.2, 0) is 0 Å². The van der Waals surface area contributed by atoms with Gasteiger partial charge in [-0.25, -0.2) is 4.39 Å². The molecule has 0 aliphatic rings. The second kappa shape index (κ2) is 6.33. The number of halogens is 4. The third-order valence-corrected chi connectivity index (χ3v) is 4.26. The maximum Gasteiger partial charge on any atom is 0.128 e. The van der Waals surface area contributed by atoms with E-state index in [1.807, 2.05) is 13.8 Å². The van der Waals surface area contributed by atoms with E-state index in [9.17, 15) is 4.39 Å². The van der Waals surface area contributed by atoms with E-state index in [2.05, 4.69) is 21.2 Å². The standard InChI is InChI=1S/C15H13BrCl2FN/c1-8-5-13(18)15(7-12(8)17)20-9(2)11-6-10(16)3-4-14(11)19/h3-7,9,20H,1-2H3. The zero-order valence-corrected chi connectivity index (χ0v) is 14.1. The smallest absolute Gasteiger partial charge is 0.128 e. The van der Waals surface area contributed by atoms with Crippen molar-refractivity contribution in [1.82, 2.24) is 0 Å². The van der Waals surface area contributed by atoms with Crippen LogP contribution in [0.15, 0.2) is 34.8 Å². The van der Waals surface area contributed by atoms with Gasteiger partial charge in [-0.1, -0.05) is 39.1 Å². The van der Waals surface area contributed by atoms with Crippen molar-refractivity contribution in [3.8, 4) is 0 Å². The molecule has 1 unspecified atom stereocenters. The van der Waals surface area contributed by atoms with Crippen LogP contribution in [0.3, 0.4) is 0 Å². The molecule has 2 rings (SSSR count). The zero-order valence-electron chi connectivity index (χ0n) is 11.0. The third-order valence-electron chi connectivity index (χ3n) is 3.04. The van der Waals surface area contributed by atoms with E-state index in [0.717, 1.165) is 10.0 Å². The number of aryl methyl sites for hydroxylation is 1. The Bertz CT molecular complexity index is 646. The van der Waals surface area contributed by atoms with E-state index in [1.54, 1.807) is 24.3 Å². The minimum absolute atomic E-state index is 0.233. The molecule has 0 saturated heterocycles. The SMILES string of the molecule is Cc1cc(Cl)c(NC(C)c2cc(Br)ccc2F)cc1Cl. The number of hydrogen-bond acceptors (Lipinski definition) is 1.